The van der Waals surface area contributed by atoms with Crippen molar-refractivity contribution >= 4 is 29.8 Å². The smallest absolute Gasteiger partial charge is 0.355 e. The van der Waals surface area contributed by atoms with Crippen LogP contribution in [0.4, 0.5) is 0 Å². The zero-order chi connectivity index (χ0) is 21.1. The Kier molecular flexibility index (Phi) is 9.42. The van der Waals surface area contributed by atoms with Gasteiger partial charge < -0.3 is 20.1 Å². The standard InChI is InChI=1S/C20H26N2O6/c1-13(2)10-16(19(25)27-4)22-18(24)12-28-20(26)17(21-14(3)23)11-15-8-6-5-7-9-15/h5-9,11,13,16H,10,12H2,1-4H3,(H,21,23)(H,22,24)/b17-11-/t16-/m0/s1. The van der Waals surface area contributed by atoms with Crippen molar-refractivity contribution in [1.82, 2.24) is 10.6 Å². The van der Waals surface area contributed by atoms with E-state index in [1.807, 2.05) is 19.9 Å². The summed E-state index contributed by atoms with van der Waals surface area (Å²) in [5.41, 5.74) is 0.577. The van der Waals surface area contributed by atoms with Gasteiger partial charge in [0.25, 0.3) is 5.91 Å². The Hall–Kier alpha value is -3.16. The molecule has 0 aliphatic heterocycles. The number of esters is 2. The highest BCUT2D eigenvalue weighted by Gasteiger charge is 2.23. The maximum Gasteiger partial charge on any atom is 0.355 e. The molecule has 0 aliphatic carbocycles. The van der Waals surface area contributed by atoms with Crippen molar-refractivity contribution in [2.24, 2.45) is 5.92 Å². The highest BCUT2D eigenvalue weighted by Crippen LogP contribution is 2.08. The maximum absolute atomic E-state index is 12.3. The van der Waals surface area contributed by atoms with Crippen molar-refractivity contribution in [3.05, 3.63) is 41.6 Å². The van der Waals surface area contributed by atoms with Crippen LogP contribution in [-0.4, -0.2) is 43.5 Å². The molecule has 0 aliphatic rings. The highest BCUT2D eigenvalue weighted by molar-refractivity contribution is 5.98. The maximum atomic E-state index is 12.3. The fourth-order valence-corrected chi connectivity index (χ4v) is 2.32. The number of benzene rings is 1. The van der Waals surface area contributed by atoms with E-state index in [-0.39, 0.29) is 11.6 Å². The fourth-order valence-electron chi connectivity index (χ4n) is 2.32. The molecule has 0 heterocycles. The molecule has 0 bridgehead atoms. The quantitative estimate of drug-likeness (QED) is 0.487. The van der Waals surface area contributed by atoms with E-state index in [9.17, 15) is 19.2 Å². The molecule has 0 radical (unpaired) electrons. The Labute approximate surface area is 164 Å². The average molecular weight is 390 g/mol. The topological polar surface area (TPSA) is 111 Å². The van der Waals surface area contributed by atoms with Gasteiger partial charge in [0.2, 0.25) is 5.91 Å². The van der Waals surface area contributed by atoms with E-state index in [1.165, 1.54) is 20.1 Å². The molecule has 0 aromatic heterocycles. The molecule has 1 aromatic rings. The molecule has 0 saturated heterocycles. The summed E-state index contributed by atoms with van der Waals surface area (Å²) >= 11 is 0. The van der Waals surface area contributed by atoms with Gasteiger partial charge in [-0.15, -0.1) is 0 Å². The number of ether oxygens (including phenoxy) is 2. The number of rotatable bonds is 9. The normalized spacial score (nSPS) is 12.1. The van der Waals surface area contributed by atoms with Gasteiger partial charge in [0.05, 0.1) is 7.11 Å². The van der Waals surface area contributed by atoms with Crippen molar-refractivity contribution < 1.29 is 28.7 Å². The second-order valence-electron chi connectivity index (χ2n) is 6.50. The second-order valence-corrected chi connectivity index (χ2v) is 6.50. The third-order valence-electron chi connectivity index (χ3n) is 3.50. The Morgan fingerprint density at radius 3 is 2.29 bits per heavy atom. The van der Waals surface area contributed by atoms with Crippen LogP contribution in [0, 0.1) is 5.92 Å². The van der Waals surface area contributed by atoms with Gasteiger partial charge >= 0.3 is 11.9 Å². The molecular formula is C20H26N2O6. The molecule has 0 spiro atoms. The number of nitrogens with one attached hydrogen (secondary N) is 2. The van der Waals surface area contributed by atoms with Crippen LogP contribution in [0.25, 0.3) is 6.08 Å². The Morgan fingerprint density at radius 1 is 1.11 bits per heavy atom. The summed E-state index contributed by atoms with van der Waals surface area (Å²) in [4.78, 5) is 47.4. The van der Waals surface area contributed by atoms with Crippen LogP contribution >= 0.6 is 0 Å². The predicted octanol–water partition coefficient (Wildman–Crippen LogP) is 1.41. The highest BCUT2D eigenvalue weighted by atomic mass is 16.5. The number of carbonyl (C=O) groups is 4. The zero-order valence-corrected chi connectivity index (χ0v) is 16.5. The van der Waals surface area contributed by atoms with E-state index < -0.39 is 36.4 Å². The van der Waals surface area contributed by atoms with Gasteiger partial charge in [0.1, 0.15) is 11.7 Å². The molecule has 152 valence electrons. The largest absolute Gasteiger partial charge is 0.467 e. The Morgan fingerprint density at radius 2 is 1.75 bits per heavy atom. The number of methoxy groups -OCH3 is 1. The molecule has 2 amide bonds. The van der Waals surface area contributed by atoms with Gasteiger partial charge in [0.15, 0.2) is 6.61 Å². The third-order valence-corrected chi connectivity index (χ3v) is 3.50. The van der Waals surface area contributed by atoms with E-state index in [1.54, 1.807) is 24.3 Å². The molecule has 1 atom stereocenters. The van der Waals surface area contributed by atoms with Crippen LogP contribution in [0.5, 0.6) is 0 Å². The minimum Gasteiger partial charge on any atom is -0.467 e. The molecule has 1 aromatic carbocycles. The summed E-state index contributed by atoms with van der Waals surface area (Å²) < 4.78 is 9.64. The van der Waals surface area contributed by atoms with Gasteiger partial charge in [-0.25, -0.2) is 9.59 Å². The zero-order valence-electron chi connectivity index (χ0n) is 16.5. The number of carbonyl (C=O) groups excluding carboxylic acids is 4. The van der Waals surface area contributed by atoms with E-state index in [0.29, 0.717) is 12.0 Å². The molecule has 0 saturated carbocycles. The first-order chi connectivity index (χ1) is 13.2. The first kappa shape index (κ1) is 22.9. The number of amides is 2. The van der Waals surface area contributed by atoms with Crippen LogP contribution in [0.2, 0.25) is 0 Å². The lowest BCUT2D eigenvalue weighted by Crippen LogP contribution is -2.44. The van der Waals surface area contributed by atoms with Gasteiger partial charge in [-0.1, -0.05) is 44.2 Å². The molecule has 0 unspecified atom stereocenters. The van der Waals surface area contributed by atoms with Crippen LogP contribution in [-0.2, 0) is 28.7 Å². The fraction of sp³-hybridized carbons (Fsp3) is 0.400. The molecule has 8 nitrogen and oxygen atoms in total. The van der Waals surface area contributed by atoms with E-state index in [4.69, 9.17) is 4.74 Å². The molecule has 28 heavy (non-hydrogen) atoms. The lowest BCUT2D eigenvalue weighted by atomic mass is 10.0. The third kappa shape index (κ3) is 8.48. The van der Waals surface area contributed by atoms with Crippen molar-refractivity contribution in [1.29, 1.82) is 0 Å². The van der Waals surface area contributed by atoms with Crippen molar-refractivity contribution in [2.75, 3.05) is 13.7 Å². The van der Waals surface area contributed by atoms with E-state index >= 15 is 0 Å². The minimum absolute atomic E-state index is 0.0989. The SMILES string of the molecule is COC(=O)[C@H](CC(C)C)NC(=O)COC(=O)/C(=C/c1ccccc1)NC(C)=O. The van der Waals surface area contributed by atoms with E-state index in [0.717, 1.165) is 0 Å². The number of hydrogen-bond acceptors (Lipinski definition) is 6. The molecular weight excluding hydrogens is 364 g/mol. The van der Waals surface area contributed by atoms with Gasteiger partial charge in [0, 0.05) is 6.92 Å². The van der Waals surface area contributed by atoms with Crippen molar-refractivity contribution in [3.63, 3.8) is 0 Å². The lowest BCUT2D eigenvalue weighted by molar-refractivity contribution is -0.148. The first-order valence-electron chi connectivity index (χ1n) is 8.81. The molecule has 8 heteroatoms. The predicted molar refractivity (Wildman–Crippen MR) is 103 cm³/mol. The molecule has 1 rings (SSSR count). The summed E-state index contributed by atoms with van der Waals surface area (Å²) in [7, 11) is 1.23. The van der Waals surface area contributed by atoms with Gasteiger partial charge in [-0.2, -0.15) is 0 Å². The lowest BCUT2D eigenvalue weighted by Gasteiger charge is -2.18. The first-order valence-corrected chi connectivity index (χ1v) is 8.81. The average Bonchev–Trinajstić information content (AvgIpc) is 2.64. The van der Waals surface area contributed by atoms with Crippen molar-refractivity contribution in [2.45, 2.75) is 33.2 Å². The van der Waals surface area contributed by atoms with E-state index in [2.05, 4.69) is 15.4 Å². The summed E-state index contributed by atoms with van der Waals surface area (Å²) in [6, 6.07) is 8.02. The Balaban J connectivity index is 2.74. The van der Waals surface area contributed by atoms with Gasteiger partial charge in [-0.05, 0) is 24.0 Å². The summed E-state index contributed by atoms with van der Waals surface area (Å²) in [5, 5.41) is 4.87. The summed E-state index contributed by atoms with van der Waals surface area (Å²) in [6.45, 7) is 4.45. The van der Waals surface area contributed by atoms with Gasteiger partial charge in [-0.3, -0.25) is 9.59 Å². The Bertz CT molecular complexity index is 727. The summed E-state index contributed by atoms with van der Waals surface area (Å²) in [6.07, 6.45) is 1.83. The number of hydrogen-bond donors (Lipinski definition) is 2. The molecule has 0 fully saturated rings. The van der Waals surface area contributed by atoms with Crippen LogP contribution in [0.1, 0.15) is 32.8 Å². The molecule has 2 N–H and O–H groups in total. The minimum atomic E-state index is -0.868. The monoisotopic (exact) mass is 390 g/mol. The van der Waals surface area contributed by atoms with Crippen molar-refractivity contribution in [3.8, 4) is 0 Å². The second kappa shape index (κ2) is 11.5. The van der Waals surface area contributed by atoms with Crippen LogP contribution in [0.15, 0.2) is 36.0 Å². The van der Waals surface area contributed by atoms with Crippen LogP contribution < -0.4 is 10.6 Å². The summed E-state index contributed by atoms with van der Waals surface area (Å²) in [5.74, 6) is -2.39. The van der Waals surface area contributed by atoms with Crippen LogP contribution in [0.3, 0.4) is 0 Å².